The molecule has 0 saturated carbocycles. The summed E-state index contributed by atoms with van der Waals surface area (Å²) in [6.07, 6.45) is 0.307. The van der Waals surface area contributed by atoms with Crippen LogP contribution in [0.3, 0.4) is 0 Å². The smallest absolute Gasteiger partial charge is 0.306 e. The second kappa shape index (κ2) is 8.75. The average molecular weight is 337 g/mol. The molecule has 0 unspecified atom stereocenters. The number of esters is 1. The molecule has 0 aliphatic rings. The van der Waals surface area contributed by atoms with Crippen molar-refractivity contribution in [2.24, 2.45) is 0 Å². The van der Waals surface area contributed by atoms with Gasteiger partial charge in [0.25, 0.3) is 0 Å². The maximum atomic E-state index is 13.4. The quantitative estimate of drug-likeness (QED) is 0.657. The Balaban J connectivity index is 2.20. The number of nitrogens with zero attached hydrogens (tertiary/aromatic N) is 3. The number of ether oxygens (including phenoxy) is 2. The first-order valence-electron chi connectivity index (χ1n) is 8.01. The Labute approximate surface area is 141 Å². The summed E-state index contributed by atoms with van der Waals surface area (Å²) in [6, 6.07) is 4.64. The molecule has 0 N–H and O–H groups in total. The number of carbonyl (C=O) groups is 1. The van der Waals surface area contributed by atoms with Crippen LogP contribution in [0.1, 0.15) is 19.2 Å². The molecule has 0 radical (unpaired) electrons. The van der Waals surface area contributed by atoms with Crippen molar-refractivity contribution in [3.63, 3.8) is 0 Å². The van der Waals surface area contributed by atoms with Gasteiger partial charge in [-0.3, -0.25) is 9.69 Å². The van der Waals surface area contributed by atoms with Gasteiger partial charge in [0.1, 0.15) is 11.6 Å². The number of hydrogen-bond acceptors (Lipinski definition) is 5. The first kappa shape index (κ1) is 18.4. The fourth-order valence-corrected chi connectivity index (χ4v) is 2.67. The maximum absolute atomic E-state index is 13.4. The number of aryl methyl sites for hydroxylation is 1. The molecule has 0 aliphatic heterocycles. The van der Waals surface area contributed by atoms with Gasteiger partial charge in [-0.15, -0.1) is 0 Å². The molecule has 0 amide bonds. The van der Waals surface area contributed by atoms with Crippen LogP contribution in [-0.2, 0) is 27.4 Å². The predicted octanol–water partition coefficient (Wildman–Crippen LogP) is 2.21. The van der Waals surface area contributed by atoms with Crippen LogP contribution < -0.4 is 0 Å². The third kappa shape index (κ3) is 4.52. The van der Waals surface area contributed by atoms with Crippen molar-refractivity contribution < 1.29 is 18.7 Å². The molecule has 2 rings (SSSR count). The third-order valence-electron chi connectivity index (χ3n) is 3.94. The largest absolute Gasteiger partial charge is 0.469 e. The van der Waals surface area contributed by atoms with E-state index in [-0.39, 0.29) is 11.8 Å². The fraction of sp³-hybridized carbons (Fsp3) is 0.529. The summed E-state index contributed by atoms with van der Waals surface area (Å²) in [4.78, 5) is 18.1. The molecular weight excluding hydrogens is 313 g/mol. The molecule has 0 saturated heterocycles. The van der Waals surface area contributed by atoms with Crippen LogP contribution in [0.2, 0.25) is 0 Å². The molecule has 0 spiro atoms. The van der Waals surface area contributed by atoms with Gasteiger partial charge in [-0.1, -0.05) is 0 Å². The molecule has 0 bridgehead atoms. The highest BCUT2D eigenvalue weighted by molar-refractivity contribution is 5.76. The van der Waals surface area contributed by atoms with Gasteiger partial charge < -0.3 is 14.0 Å². The Bertz CT molecular complexity index is 687. The van der Waals surface area contributed by atoms with E-state index in [2.05, 4.69) is 14.5 Å². The zero-order valence-electron chi connectivity index (χ0n) is 14.4. The summed E-state index contributed by atoms with van der Waals surface area (Å²) in [6.45, 7) is 5.12. The lowest BCUT2D eigenvalue weighted by atomic mass is 10.3. The van der Waals surface area contributed by atoms with Gasteiger partial charge in [-0.25, -0.2) is 9.37 Å². The summed E-state index contributed by atoms with van der Waals surface area (Å²) >= 11 is 0. The monoisotopic (exact) mass is 337 g/mol. The van der Waals surface area contributed by atoms with Crippen LogP contribution >= 0.6 is 0 Å². The van der Waals surface area contributed by atoms with E-state index in [1.165, 1.54) is 19.2 Å². The Kier molecular flexibility index (Phi) is 6.69. The minimum Gasteiger partial charge on any atom is -0.469 e. The van der Waals surface area contributed by atoms with E-state index in [0.29, 0.717) is 38.2 Å². The minimum absolute atomic E-state index is 0.247. The molecule has 0 aliphatic carbocycles. The first-order valence-corrected chi connectivity index (χ1v) is 8.01. The van der Waals surface area contributed by atoms with Crippen LogP contribution in [-0.4, -0.2) is 54.3 Å². The van der Waals surface area contributed by atoms with Crippen molar-refractivity contribution >= 4 is 17.0 Å². The molecule has 6 nitrogen and oxygen atoms in total. The zero-order valence-corrected chi connectivity index (χ0v) is 14.4. The number of rotatable bonds is 9. The highest BCUT2D eigenvalue weighted by Crippen LogP contribution is 2.19. The van der Waals surface area contributed by atoms with Crippen molar-refractivity contribution in [2.75, 3.05) is 33.9 Å². The molecular formula is C17H24FN3O3. The number of methoxy groups -OCH3 is 2. The number of benzene rings is 1. The van der Waals surface area contributed by atoms with Crippen molar-refractivity contribution in [3.8, 4) is 0 Å². The van der Waals surface area contributed by atoms with Crippen LogP contribution in [0.5, 0.6) is 0 Å². The van der Waals surface area contributed by atoms with E-state index >= 15 is 0 Å². The van der Waals surface area contributed by atoms with Crippen molar-refractivity contribution in [3.05, 3.63) is 29.8 Å². The van der Waals surface area contributed by atoms with E-state index in [0.717, 1.165) is 17.9 Å². The normalized spacial score (nSPS) is 11.4. The Hall–Kier alpha value is -1.99. The summed E-state index contributed by atoms with van der Waals surface area (Å²) in [5.74, 6) is 0.305. The molecule has 0 atom stereocenters. The van der Waals surface area contributed by atoms with Crippen LogP contribution in [0.4, 0.5) is 4.39 Å². The average Bonchev–Trinajstić information content (AvgIpc) is 2.92. The van der Waals surface area contributed by atoms with Crippen molar-refractivity contribution in [1.82, 2.24) is 14.5 Å². The number of fused-ring (bicyclic) bond motifs is 1. The molecule has 1 heterocycles. The second-order valence-electron chi connectivity index (χ2n) is 5.50. The van der Waals surface area contributed by atoms with Gasteiger partial charge in [0, 0.05) is 32.8 Å². The van der Waals surface area contributed by atoms with E-state index in [1.54, 1.807) is 13.2 Å². The number of aromatic nitrogens is 2. The lowest BCUT2D eigenvalue weighted by molar-refractivity contribution is -0.141. The van der Waals surface area contributed by atoms with E-state index in [1.807, 2.05) is 6.92 Å². The van der Waals surface area contributed by atoms with E-state index < -0.39 is 0 Å². The van der Waals surface area contributed by atoms with Crippen LogP contribution in [0.25, 0.3) is 11.0 Å². The topological polar surface area (TPSA) is 56.6 Å². The van der Waals surface area contributed by atoms with Gasteiger partial charge in [0.05, 0.1) is 37.7 Å². The molecule has 0 fully saturated rings. The third-order valence-corrected chi connectivity index (χ3v) is 3.94. The summed E-state index contributed by atoms with van der Waals surface area (Å²) in [5, 5.41) is 0. The van der Waals surface area contributed by atoms with Gasteiger partial charge >= 0.3 is 5.97 Å². The van der Waals surface area contributed by atoms with Crippen LogP contribution in [0.15, 0.2) is 18.2 Å². The molecule has 24 heavy (non-hydrogen) atoms. The Morgan fingerprint density at radius 3 is 2.79 bits per heavy atom. The summed E-state index contributed by atoms with van der Waals surface area (Å²) < 4.78 is 25.3. The number of carbonyl (C=O) groups excluding carboxylic acids is 1. The first-order chi connectivity index (χ1) is 11.6. The minimum atomic E-state index is -0.295. The molecule has 2 aromatic rings. The highest BCUT2D eigenvalue weighted by Gasteiger charge is 2.15. The van der Waals surface area contributed by atoms with Crippen LogP contribution in [0, 0.1) is 5.82 Å². The fourth-order valence-electron chi connectivity index (χ4n) is 2.67. The highest BCUT2D eigenvalue weighted by atomic mass is 19.1. The van der Waals surface area contributed by atoms with Crippen molar-refractivity contribution in [1.29, 1.82) is 0 Å². The standard InChI is InChI=1S/C17H24FN3O3/c1-4-21-15-6-5-13(18)11-14(15)19-16(21)12-20(9-10-23-2)8-7-17(22)24-3/h5-6,11H,4,7-10,12H2,1-3H3. The van der Waals surface area contributed by atoms with Gasteiger partial charge in [0.2, 0.25) is 0 Å². The van der Waals surface area contributed by atoms with Gasteiger partial charge in [-0.05, 0) is 19.1 Å². The van der Waals surface area contributed by atoms with E-state index in [9.17, 15) is 9.18 Å². The maximum Gasteiger partial charge on any atom is 0.306 e. The second-order valence-corrected chi connectivity index (χ2v) is 5.50. The van der Waals surface area contributed by atoms with Crippen molar-refractivity contribution in [2.45, 2.75) is 26.4 Å². The molecule has 7 heteroatoms. The van der Waals surface area contributed by atoms with Gasteiger partial charge in [-0.2, -0.15) is 0 Å². The lowest BCUT2D eigenvalue weighted by Crippen LogP contribution is -2.30. The SMILES string of the molecule is CCn1c(CN(CCOC)CCC(=O)OC)nc2cc(F)ccc21. The zero-order chi connectivity index (χ0) is 17.5. The number of imidazole rings is 1. The predicted molar refractivity (Wildman–Crippen MR) is 89.2 cm³/mol. The summed E-state index contributed by atoms with van der Waals surface area (Å²) in [7, 11) is 3.02. The molecule has 1 aromatic carbocycles. The van der Waals surface area contributed by atoms with E-state index in [4.69, 9.17) is 9.47 Å². The number of halogens is 1. The Morgan fingerprint density at radius 1 is 1.33 bits per heavy atom. The Morgan fingerprint density at radius 2 is 2.12 bits per heavy atom. The lowest BCUT2D eigenvalue weighted by Gasteiger charge is -2.21. The summed E-state index contributed by atoms with van der Waals surface area (Å²) in [5.41, 5.74) is 1.56. The van der Waals surface area contributed by atoms with Gasteiger partial charge in [0.15, 0.2) is 0 Å². The molecule has 132 valence electrons. The molecule has 1 aromatic heterocycles. The number of hydrogen-bond donors (Lipinski definition) is 0.